The van der Waals surface area contributed by atoms with Gasteiger partial charge in [0.05, 0.1) is 12.5 Å². The Bertz CT molecular complexity index is 576. The minimum atomic E-state index is -0.922. The van der Waals surface area contributed by atoms with Gasteiger partial charge in [0, 0.05) is 18.7 Å². The third-order valence-electron chi connectivity index (χ3n) is 3.38. The van der Waals surface area contributed by atoms with Crippen molar-refractivity contribution in [2.75, 3.05) is 19.6 Å². The fourth-order valence-corrected chi connectivity index (χ4v) is 2.19. The predicted octanol–water partition coefficient (Wildman–Crippen LogP) is 0.489. The molecule has 0 aliphatic carbocycles. The van der Waals surface area contributed by atoms with E-state index in [1.807, 2.05) is 0 Å². The SMILES string of the molecule is O=C(NCC(=O)N1CCC(C(=O)O)C1)c1cccc(F)c1. The molecule has 1 aliphatic rings. The van der Waals surface area contributed by atoms with E-state index in [2.05, 4.69) is 5.32 Å². The molecule has 1 heterocycles. The summed E-state index contributed by atoms with van der Waals surface area (Å²) in [6.07, 6.45) is 0.416. The summed E-state index contributed by atoms with van der Waals surface area (Å²) in [5.74, 6) is -2.89. The first kappa shape index (κ1) is 15.0. The maximum atomic E-state index is 13.0. The lowest BCUT2D eigenvalue weighted by atomic mass is 10.1. The number of halogens is 1. The number of amides is 2. The number of hydrogen-bond donors (Lipinski definition) is 2. The van der Waals surface area contributed by atoms with Crippen LogP contribution in [0, 0.1) is 11.7 Å². The highest BCUT2D eigenvalue weighted by molar-refractivity contribution is 5.96. The number of rotatable bonds is 4. The smallest absolute Gasteiger partial charge is 0.308 e. The van der Waals surface area contributed by atoms with Crippen molar-refractivity contribution in [3.8, 4) is 0 Å². The molecule has 0 spiro atoms. The van der Waals surface area contributed by atoms with E-state index in [9.17, 15) is 18.8 Å². The number of nitrogens with zero attached hydrogens (tertiary/aromatic N) is 1. The fraction of sp³-hybridized carbons (Fsp3) is 0.357. The van der Waals surface area contributed by atoms with Crippen molar-refractivity contribution < 1.29 is 23.9 Å². The molecule has 1 fully saturated rings. The summed E-state index contributed by atoms with van der Waals surface area (Å²) in [6, 6.07) is 5.15. The zero-order valence-electron chi connectivity index (χ0n) is 11.2. The van der Waals surface area contributed by atoms with Crippen LogP contribution < -0.4 is 5.32 Å². The molecule has 7 heteroatoms. The Morgan fingerprint density at radius 1 is 1.38 bits per heavy atom. The van der Waals surface area contributed by atoms with E-state index >= 15 is 0 Å². The average Bonchev–Trinajstić information content (AvgIpc) is 2.94. The minimum Gasteiger partial charge on any atom is -0.481 e. The van der Waals surface area contributed by atoms with Gasteiger partial charge < -0.3 is 15.3 Å². The highest BCUT2D eigenvalue weighted by Gasteiger charge is 2.30. The quantitative estimate of drug-likeness (QED) is 0.846. The van der Waals surface area contributed by atoms with Crippen molar-refractivity contribution in [3.05, 3.63) is 35.6 Å². The number of carboxylic acids is 1. The van der Waals surface area contributed by atoms with Crippen LogP contribution in [0.25, 0.3) is 0 Å². The van der Waals surface area contributed by atoms with Gasteiger partial charge in [-0.15, -0.1) is 0 Å². The normalized spacial score (nSPS) is 17.6. The average molecular weight is 294 g/mol. The maximum absolute atomic E-state index is 13.0. The number of nitrogens with one attached hydrogen (secondary N) is 1. The molecule has 1 atom stereocenters. The lowest BCUT2D eigenvalue weighted by molar-refractivity contribution is -0.141. The van der Waals surface area contributed by atoms with E-state index in [0.29, 0.717) is 13.0 Å². The molecule has 2 rings (SSSR count). The van der Waals surface area contributed by atoms with Gasteiger partial charge >= 0.3 is 5.97 Å². The van der Waals surface area contributed by atoms with Crippen LogP contribution >= 0.6 is 0 Å². The zero-order valence-corrected chi connectivity index (χ0v) is 11.2. The lowest BCUT2D eigenvalue weighted by Crippen LogP contribution is -2.39. The van der Waals surface area contributed by atoms with Crippen molar-refractivity contribution in [3.63, 3.8) is 0 Å². The van der Waals surface area contributed by atoms with Crippen LogP contribution in [0.5, 0.6) is 0 Å². The Kier molecular flexibility index (Phi) is 4.52. The molecule has 6 nitrogen and oxygen atoms in total. The van der Waals surface area contributed by atoms with Crippen LogP contribution in [0.1, 0.15) is 16.8 Å². The molecule has 2 amide bonds. The fourth-order valence-electron chi connectivity index (χ4n) is 2.19. The summed E-state index contributed by atoms with van der Waals surface area (Å²) in [6.45, 7) is 0.289. The van der Waals surface area contributed by atoms with Crippen molar-refractivity contribution in [1.82, 2.24) is 10.2 Å². The number of benzene rings is 1. The lowest BCUT2D eigenvalue weighted by Gasteiger charge is -2.16. The van der Waals surface area contributed by atoms with E-state index in [1.54, 1.807) is 0 Å². The zero-order chi connectivity index (χ0) is 15.4. The number of aliphatic carboxylic acids is 1. The van der Waals surface area contributed by atoms with Gasteiger partial charge in [-0.1, -0.05) is 6.07 Å². The van der Waals surface area contributed by atoms with Gasteiger partial charge in [-0.2, -0.15) is 0 Å². The van der Waals surface area contributed by atoms with E-state index in [0.717, 1.165) is 6.07 Å². The van der Waals surface area contributed by atoms with Gasteiger partial charge in [-0.3, -0.25) is 14.4 Å². The Balaban J connectivity index is 1.84. The summed E-state index contributed by atoms with van der Waals surface area (Å²) >= 11 is 0. The maximum Gasteiger partial charge on any atom is 0.308 e. The number of carbonyl (C=O) groups excluding carboxylic acids is 2. The largest absolute Gasteiger partial charge is 0.481 e. The van der Waals surface area contributed by atoms with Crippen molar-refractivity contribution in [2.45, 2.75) is 6.42 Å². The second-order valence-corrected chi connectivity index (χ2v) is 4.86. The van der Waals surface area contributed by atoms with Crippen LogP contribution in [0.2, 0.25) is 0 Å². The number of carboxylic acid groups (broad SMARTS) is 1. The van der Waals surface area contributed by atoms with Crippen molar-refractivity contribution >= 4 is 17.8 Å². The van der Waals surface area contributed by atoms with Gasteiger partial charge in [0.1, 0.15) is 5.82 Å². The predicted molar refractivity (Wildman–Crippen MR) is 71.1 cm³/mol. The van der Waals surface area contributed by atoms with E-state index in [4.69, 9.17) is 5.11 Å². The molecule has 1 aromatic rings. The second-order valence-electron chi connectivity index (χ2n) is 4.86. The summed E-state index contributed by atoms with van der Waals surface area (Å²) < 4.78 is 13.0. The Hall–Kier alpha value is -2.44. The molecular formula is C14H15FN2O4. The molecule has 0 radical (unpaired) electrons. The summed E-state index contributed by atoms with van der Waals surface area (Å²) in [7, 11) is 0. The first-order chi connectivity index (χ1) is 9.97. The molecule has 0 bridgehead atoms. The second kappa shape index (κ2) is 6.34. The highest BCUT2D eigenvalue weighted by Crippen LogP contribution is 2.16. The molecule has 112 valence electrons. The first-order valence-corrected chi connectivity index (χ1v) is 6.51. The Labute approximate surface area is 120 Å². The van der Waals surface area contributed by atoms with Gasteiger partial charge in [-0.25, -0.2) is 4.39 Å². The topological polar surface area (TPSA) is 86.7 Å². The molecule has 0 saturated carbocycles. The van der Waals surface area contributed by atoms with E-state index in [-0.39, 0.29) is 24.6 Å². The highest BCUT2D eigenvalue weighted by atomic mass is 19.1. The number of likely N-dealkylation sites (tertiary alicyclic amines) is 1. The van der Waals surface area contributed by atoms with Crippen molar-refractivity contribution in [2.24, 2.45) is 5.92 Å². The molecule has 1 saturated heterocycles. The van der Waals surface area contributed by atoms with Crippen molar-refractivity contribution in [1.29, 1.82) is 0 Å². The van der Waals surface area contributed by atoms with Crippen LogP contribution in [0.3, 0.4) is 0 Å². The number of carbonyl (C=O) groups is 3. The molecule has 0 aromatic heterocycles. The Morgan fingerprint density at radius 2 is 2.14 bits per heavy atom. The van der Waals surface area contributed by atoms with Gasteiger partial charge in [0.2, 0.25) is 5.91 Å². The first-order valence-electron chi connectivity index (χ1n) is 6.51. The van der Waals surface area contributed by atoms with E-state index in [1.165, 1.54) is 23.1 Å². The Morgan fingerprint density at radius 3 is 2.76 bits per heavy atom. The third kappa shape index (κ3) is 3.77. The van der Waals surface area contributed by atoms with Crippen LogP contribution in [0.4, 0.5) is 4.39 Å². The molecule has 1 unspecified atom stereocenters. The summed E-state index contributed by atoms with van der Waals surface area (Å²) in [4.78, 5) is 35.8. The van der Waals surface area contributed by atoms with Gasteiger partial charge in [0.15, 0.2) is 0 Å². The summed E-state index contributed by atoms with van der Waals surface area (Å²) in [5, 5.41) is 11.3. The minimum absolute atomic E-state index is 0.132. The number of hydrogen-bond acceptors (Lipinski definition) is 3. The molecular weight excluding hydrogens is 279 g/mol. The van der Waals surface area contributed by atoms with Crippen LogP contribution in [0.15, 0.2) is 24.3 Å². The van der Waals surface area contributed by atoms with Gasteiger partial charge in [0.25, 0.3) is 5.91 Å². The van der Waals surface area contributed by atoms with Gasteiger partial charge in [-0.05, 0) is 24.6 Å². The van der Waals surface area contributed by atoms with Crippen LogP contribution in [-0.2, 0) is 9.59 Å². The molecule has 1 aromatic carbocycles. The standard InChI is InChI=1S/C14H15FN2O4/c15-11-3-1-2-9(6-11)13(19)16-7-12(18)17-5-4-10(8-17)14(20)21/h1-3,6,10H,4-5,7-8H2,(H,16,19)(H,20,21). The monoisotopic (exact) mass is 294 g/mol. The van der Waals surface area contributed by atoms with E-state index < -0.39 is 23.6 Å². The summed E-state index contributed by atoms with van der Waals surface area (Å²) in [5.41, 5.74) is 0.132. The third-order valence-corrected chi connectivity index (χ3v) is 3.38. The molecule has 2 N–H and O–H groups in total. The molecule has 21 heavy (non-hydrogen) atoms. The van der Waals surface area contributed by atoms with Crippen LogP contribution in [-0.4, -0.2) is 47.4 Å². The molecule has 1 aliphatic heterocycles.